The number of anilines is 3. The topological polar surface area (TPSA) is 38.0 Å². The highest BCUT2D eigenvalue weighted by Gasteiger charge is 2.06. The second-order valence-corrected chi connectivity index (χ2v) is 5.95. The molecule has 3 rings (SSSR count). The van der Waals surface area contributed by atoms with Crippen molar-refractivity contribution in [3.05, 3.63) is 52.1 Å². The normalized spacial score (nSPS) is 10.8. The van der Waals surface area contributed by atoms with Gasteiger partial charge < -0.3 is 11.1 Å². The highest BCUT2D eigenvalue weighted by molar-refractivity contribution is 9.10. The Bertz CT molecular complexity index is 754. The molecule has 3 aromatic rings. The van der Waals surface area contributed by atoms with Crippen LogP contribution in [0.1, 0.15) is 0 Å². The largest absolute Gasteiger partial charge is 0.397 e. The van der Waals surface area contributed by atoms with Gasteiger partial charge in [0.1, 0.15) is 5.82 Å². The van der Waals surface area contributed by atoms with Crippen LogP contribution in [0, 0.1) is 5.82 Å². The van der Waals surface area contributed by atoms with Crippen LogP contribution in [0.15, 0.2) is 46.3 Å². The van der Waals surface area contributed by atoms with E-state index >= 15 is 0 Å². The first-order chi connectivity index (χ1) is 9.13. The quantitative estimate of drug-likeness (QED) is 0.636. The van der Waals surface area contributed by atoms with Crippen LogP contribution in [0.2, 0.25) is 0 Å². The summed E-state index contributed by atoms with van der Waals surface area (Å²) in [4.78, 5) is 0. The van der Waals surface area contributed by atoms with Gasteiger partial charge in [-0.3, -0.25) is 0 Å². The molecule has 3 N–H and O–H groups in total. The molecule has 96 valence electrons. The number of rotatable bonds is 2. The number of thiophene rings is 1. The van der Waals surface area contributed by atoms with Gasteiger partial charge in [0.2, 0.25) is 0 Å². The molecule has 0 amide bonds. The third kappa shape index (κ3) is 2.43. The van der Waals surface area contributed by atoms with Crippen molar-refractivity contribution in [2.24, 2.45) is 0 Å². The van der Waals surface area contributed by atoms with E-state index in [0.717, 1.165) is 5.69 Å². The van der Waals surface area contributed by atoms with Crippen molar-refractivity contribution < 1.29 is 4.39 Å². The first kappa shape index (κ1) is 12.4. The molecule has 0 unspecified atom stereocenters. The predicted molar refractivity (Wildman–Crippen MR) is 83.6 cm³/mol. The Morgan fingerprint density at radius 3 is 2.84 bits per heavy atom. The van der Waals surface area contributed by atoms with Gasteiger partial charge in [0.25, 0.3) is 0 Å². The Labute approximate surface area is 122 Å². The molecule has 1 heterocycles. The van der Waals surface area contributed by atoms with Gasteiger partial charge in [0.15, 0.2) is 0 Å². The number of nitrogen functional groups attached to an aromatic ring is 1. The summed E-state index contributed by atoms with van der Waals surface area (Å²) in [5.41, 5.74) is 7.80. The average Bonchev–Trinajstić information content (AvgIpc) is 2.83. The van der Waals surface area contributed by atoms with Crippen molar-refractivity contribution in [1.82, 2.24) is 0 Å². The first-order valence-electron chi connectivity index (χ1n) is 5.62. The molecule has 1 aromatic heterocycles. The van der Waals surface area contributed by atoms with Crippen molar-refractivity contribution in [2.75, 3.05) is 11.1 Å². The lowest BCUT2D eigenvalue weighted by atomic mass is 10.2. The van der Waals surface area contributed by atoms with E-state index in [-0.39, 0.29) is 5.82 Å². The molecule has 2 nitrogen and oxygen atoms in total. The fourth-order valence-electron chi connectivity index (χ4n) is 1.87. The van der Waals surface area contributed by atoms with E-state index in [4.69, 9.17) is 5.73 Å². The Morgan fingerprint density at radius 1 is 1.16 bits per heavy atom. The van der Waals surface area contributed by atoms with Crippen LogP contribution in [0.4, 0.5) is 21.5 Å². The van der Waals surface area contributed by atoms with Gasteiger partial charge in [-0.1, -0.05) is 0 Å². The number of halogens is 2. The lowest BCUT2D eigenvalue weighted by Crippen LogP contribution is -1.97. The van der Waals surface area contributed by atoms with Crippen LogP contribution < -0.4 is 11.1 Å². The summed E-state index contributed by atoms with van der Waals surface area (Å²) in [6.07, 6.45) is 0. The van der Waals surface area contributed by atoms with Crippen molar-refractivity contribution in [3.63, 3.8) is 0 Å². The van der Waals surface area contributed by atoms with Crippen LogP contribution in [0.25, 0.3) is 10.1 Å². The number of fused-ring (bicyclic) bond motifs is 1. The molecule has 0 bridgehead atoms. The minimum Gasteiger partial charge on any atom is -0.397 e. The Hall–Kier alpha value is -1.59. The summed E-state index contributed by atoms with van der Waals surface area (Å²) >= 11 is 4.86. The van der Waals surface area contributed by atoms with E-state index in [1.165, 1.54) is 16.2 Å². The standard InChI is InChI=1S/C14H10BrFN2S/c15-10-6-13(12(17)7-11(10)16)18-9-1-2-14-8(5-9)3-4-19-14/h1-7,18H,17H2. The van der Waals surface area contributed by atoms with Gasteiger partial charge >= 0.3 is 0 Å². The number of hydrogen-bond donors (Lipinski definition) is 2. The van der Waals surface area contributed by atoms with Crippen molar-refractivity contribution >= 4 is 54.4 Å². The van der Waals surface area contributed by atoms with Gasteiger partial charge in [0.05, 0.1) is 15.8 Å². The Balaban J connectivity index is 1.98. The first-order valence-corrected chi connectivity index (χ1v) is 7.29. The number of hydrogen-bond acceptors (Lipinski definition) is 3. The van der Waals surface area contributed by atoms with Crippen LogP contribution in [-0.2, 0) is 0 Å². The predicted octanol–water partition coefficient (Wildman–Crippen LogP) is 5.13. The smallest absolute Gasteiger partial charge is 0.139 e. The third-order valence-corrected chi connectivity index (χ3v) is 4.33. The van der Waals surface area contributed by atoms with Gasteiger partial charge in [0, 0.05) is 16.5 Å². The van der Waals surface area contributed by atoms with Crippen LogP contribution in [0.5, 0.6) is 0 Å². The molecule has 2 aromatic carbocycles. The van der Waals surface area contributed by atoms with Crippen molar-refractivity contribution in [2.45, 2.75) is 0 Å². The zero-order valence-corrected chi connectivity index (χ0v) is 12.2. The molecule has 0 aliphatic heterocycles. The molecule has 0 saturated carbocycles. The number of nitrogens with two attached hydrogens (primary N) is 1. The lowest BCUT2D eigenvalue weighted by Gasteiger charge is -2.10. The van der Waals surface area contributed by atoms with Crippen LogP contribution in [-0.4, -0.2) is 0 Å². The summed E-state index contributed by atoms with van der Waals surface area (Å²) < 4.78 is 14.9. The maximum atomic E-state index is 13.3. The van der Waals surface area contributed by atoms with E-state index in [0.29, 0.717) is 15.8 Å². The monoisotopic (exact) mass is 336 g/mol. The molecule has 0 fully saturated rings. The molecule has 0 aliphatic rings. The Kier molecular flexibility index (Phi) is 3.16. The average molecular weight is 337 g/mol. The zero-order chi connectivity index (χ0) is 13.4. The molecule has 0 atom stereocenters. The van der Waals surface area contributed by atoms with Gasteiger partial charge in [-0.2, -0.15) is 0 Å². The van der Waals surface area contributed by atoms with E-state index in [1.54, 1.807) is 17.4 Å². The summed E-state index contributed by atoms with van der Waals surface area (Å²) in [5.74, 6) is -0.365. The Morgan fingerprint density at radius 2 is 2.00 bits per heavy atom. The molecule has 0 aliphatic carbocycles. The molecule has 0 saturated heterocycles. The van der Waals surface area contributed by atoms with Crippen molar-refractivity contribution in [1.29, 1.82) is 0 Å². The van der Waals surface area contributed by atoms with Crippen LogP contribution >= 0.6 is 27.3 Å². The second-order valence-electron chi connectivity index (χ2n) is 4.15. The number of benzene rings is 2. The third-order valence-electron chi connectivity index (χ3n) is 2.82. The van der Waals surface area contributed by atoms with E-state index < -0.39 is 0 Å². The van der Waals surface area contributed by atoms with Gasteiger partial charge in [-0.25, -0.2) is 4.39 Å². The van der Waals surface area contributed by atoms with E-state index in [2.05, 4.69) is 38.8 Å². The van der Waals surface area contributed by atoms with Crippen LogP contribution in [0.3, 0.4) is 0 Å². The zero-order valence-electron chi connectivity index (χ0n) is 9.78. The highest BCUT2D eigenvalue weighted by atomic mass is 79.9. The molecular weight excluding hydrogens is 327 g/mol. The highest BCUT2D eigenvalue weighted by Crippen LogP contribution is 2.31. The minimum absolute atomic E-state index is 0.365. The van der Waals surface area contributed by atoms with E-state index in [1.807, 2.05) is 12.1 Å². The fraction of sp³-hybridized carbons (Fsp3) is 0. The molecule has 5 heteroatoms. The number of nitrogens with one attached hydrogen (secondary N) is 1. The molecule has 0 spiro atoms. The minimum atomic E-state index is -0.365. The fourth-order valence-corrected chi connectivity index (χ4v) is 2.98. The molecule has 0 radical (unpaired) electrons. The van der Waals surface area contributed by atoms with E-state index in [9.17, 15) is 4.39 Å². The summed E-state index contributed by atoms with van der Waals surface area (Å²) in [6.45, 7) is 0. The molecular formula is C14H10BrFN2S. The van der Waals surface area contributed by atoms with Gasteiger partial charge in [-0.15, -0.1) is 11.3 Å². The summed E-state index contributed by atoms with van der Waals surface area (Å²) in [7, 11) is 0. The lowest BCUT2D eigenvalue weighted by molar-refractivity contribution is 0.622. The van der Waals surface area contributed by atoms with Crippen molar-refractivity contribution in [3.8, 4) is 0 Å². The summed E-state index contributed by atoms with van der Waals surface area (Å²) in [5, 5.41) is 6.43. The SMILES string of the molecule is Nc1cc(F)c(Br)cc1Nc1ccc2sccc2c1. The second kappa shape index (κ2) is 4.83. The maximum absolute atomic E-state index is 13.3. The molecule has 19 heavy (non-hydrogen) atoms. The summed E-state index contributed by atoms with van der Waals surface area (Å²) in [6, 6.07) is 11.1. The maximum Gasteiger partial charge on any atom is 0.139 e. The van der Waals surface area contributed by atoms with Gasteiger partial charge in [-0.05, 0) is 57.0 Å².